The normalized spacial score (nSPS) is 10.8. The summed E-state index contributed by atoms with van der Waals surface area (Å²) in [5, 5.41) is 17.1. The number of hydrogen-bond donors (Lipinski definition) is 2. The Hall–Kier alpha value is -1.51. The summed E-state index contributed by atoms with van der Waals surface area (Å²) in [7, 11) is 0. The van der Waals surface area contributed by atoms with E-state index < -0.39 is 0 Å². The van der Waals surface area contributed by atoms with Crippen molar-refractivity contribution < 1.29 is 5.11 Å². The Morgan fingerprint density at radius 1 is 1.42 bits per heavy atom. The first-order valence-electron chi connectivity index (χ1n) is 3.82. The van der Waals surface area contributed by atoms with Gasteiger partial charge in [-0.15, -0.1) is 0 Å². The minimum atomic E-state index is 0.269. The molecule has 62 valence electrons. The number of rotatable bonds is 0. The van der Waals surface area contributed by atoms with E-state index in [0.29, 0.717) is 0 Å². The van der Waals surface area contributed by atoms with Crippen LogP contribution in [0.2, 0.25) is 0 Å². The van der Waals surface area contributed by atoms with E-state index in [-0.39, 0.29) is 5.75 Å². The number of H-pyrrole nitrogens is 1. The molecule has 12 heavy (non-hydrogen) atoms. The van der Waals surface area contributed by atoms with Crippen LogP contribution in [-0.2, 0) is 0 Å². The van der Waals surface area contributed by atoms with Gasteiger partial charge in [-0.25, -0.2) is 0 Å². The number of aromatic hydroxyl groups is 1. The summed E-state index contributed by atoms with van der Waals surface area (Å²) in [4.78, 5) is 0. The van der Waals surface area contributed by atoms with Crippen LogP contribution < -0.4 is 0 Å². The predicted octanol–water partition coefficient (Wildman–Crippen LogP) is 1.89. The molecule has 0 aliphatic rings. The summed E-state index contributed by atoms with van der Waals surface area (Å²) in [5.74, 6) is 0.269. The molecule has 0 aliphatic carbocycles. The van der Waals surface area contributed by atoms with Crippen molar-refractivity contribution in [3.05, 3.63) is 23.4 Å². The lowest BCUT2D eigenvalue weighted by Crippen LogP contribution is -1.81. The number of aromatic amines is 1. The molecule has 1 aromatic heterocycles. The van der Waals surface area contributed by atoms with Crippen molar-refractivity contribution in [1.82, 2.24) is 10.2 Å². The lowest BCUT2D eigenvalue weighted by Gasteiger charge is -2.02. The number of aromatic nitrogens is 2. The maximum absolute atomic E-state index is 9.49. The second kappa shape index (κ2) is 2.24. The molecular formula is C9H10N2O. The van der Waals surface area contributed by atoms with Gasteiger partial charge >= 0.3 is 0 Å². The first-order chi connectivity index (χ1) is 5.70. The van der Waals surface area contributed by atoms with Crippen LogP contribution in [0.1, 0.15) is 11.1 Å². The van der Waals surface area contributed by atoms with Crippen molar-refractivity contribution in [1.29, 1.82) is 0 Å². The van der Waals surface area contributed by atoms with Crippen LogP contribution >= 0.6 is 0 Å². The van der Waals surface area contributed by atoms with Gasteiger partial charge in [-0.2, -0.15) is 5.10 Å². The Balaban J connectivity index is 2.97. The molecule has 2 aromatic rings. The molecule has 3 nitrogen and oxygen atoms in total. The van der Waals surface area contributed by atoms with Gasteiger partial charge in [0, 0.05) is 5.39 Å². The monoisotopic (exact) mass is 162 g/mol. The van der Waals surface area contributed by atoms with Gasteiger partial charge in [-0.05, 0) is 31.0 Å². The third-order valence-corrected chi connectivity index (χ3v) is 2.24. The van der Waals surface area contributed by atoms with E-state index in [2.05, 4.69) is 10.2 Å². The van der Waals surface area contributed by atoms with Gasteiger partial charge in [-0.1, -0.05) is 0 Å². The van der Waals surface area contributed by atoms with Gasteiger partial charge in [-0.3, -0.25) is 5.10 Å². The largest absolute Gasteiger partial charge is 0.506 e. The molecule has 2 N–H and O–H groups in total. The van der Waals surface area contributed by atoms with Gasteiger partial charge < -0.3 is 5.11 Å². The fraction of sp³-hybridized carbons (Fsp3) is 0.222. The van der Waals surface area contributed by atoms with Crippen LogP contribution in [-0.4, -0.2) is 15.3 Å². The summed E-state index contributed by atoms with van der Waals surface area (Å²) in [6, 6.07) is 1.75. The minimum Gasteiger partial charge on any atom is -0.506 e. The fourth-order valence-electron chi connectivity index (χ4n) is 1.36. The molecule has 3 heteroatoms. The number of phenolic OH excluding ortho intramolecular Hbond substituents is 1. The van der Waals surface area contributed by atoms with Crippen LogP contribution in [0.3, 0.4) is 0 Å². The number of nitrogens with zero attached hydrogens (tertiary/aromatic N) is 1. The van der Waals surface area contributed by atoms with Crippen molar-refractivity contribution in [2.45, 2.75) is 13.8 Å². The average Bonchev–Trinajstić information content (AvgIpc) is 2.48. The summed E-state index contributed by atoms with van der Waals surface area (Å²) in [5.41, 5.74) is 2.97. The van der Waals surface area contributed by atoms with E-state index in [4.69, 9.17) is 0 Å². The minimum absolute atomic E-state index is 0.269. The lowest BCUT2D eigenvalue weighted by atomic mass is 10.1. The molecule has 0 unspecified atom stereocenters. The van der Waals surface area contributed by atoms with Gasteiger partial charge in [0.2, 0.25) is 0 Å². The number of aryl methyl sites for hydroxylation is 2. The van der Waals surface area contributed by atoms with Gasteiger partial charge in [0.25, 0.3) is 0 Å². The molecule has 2 rings (SSSR count). The van der Waals surface area contributed by atoms with Gasteiger partial charge in [0.15, 0.2) is 0 Å². The number of fused-ring (bicyclic) bond motifs is 1. The molecule has 0 spiro atoms. The molecule has 0 fully saturated rings. The Morgan fingerprint density at radius 3 is 2.92 bits per heavy atom. The first kappa shape index (κ1) is 7.16. The highest BCUT2D eigenvalue weighted by Crippen LogP contribution is 2.27. The topological polar surface area (TPSA) is 48.9 Å². The Morgan fingerprint density at radius 2 is 2.17 bits per heavy atom. The zero-order chi connectivity index (χ0) is 8.72. The van der Waals surface area contributed by atoms with Crippen LogP contribution in [0.5, 0.6) is 5.75 Å². The molecule has 0 atom stereocenters. The van der Waals surface area contributed by atoms with Crippen LogP contribution in [0.4, 0.5) is 0 Å². The maximum atomic E-state index is 9.49. The van der Waals surface area contributed by atoms with Crippen molar-refractivity contribution in [2.24, 2.45) is 0 Å². The van der Waals surface area contributed by atoms with E-state index in [1.54, 1.807) is 12.3 Å². The number of phenols is 1. The molecule has 0 amide bonds. The summed E-state index contributed by atoms with van der Waals surface area (Å²) in [6.07, 6.45) is 1.73. The number of hydrogen-bond acceptors (Lipinski definition) is 2. The third-order valence-electron chi connectivity index (χ3n) is 2.24. The quantitative estimate of drug-likeness (QED) is 0.621. The lowest BCUT2D eigenvalue weighted by molar-refractivity contribution is 0.479. The number of nitrogens with one attached hydrogen (secondary N) is 1. The third kappa shape index (κ3) is 0.794. The van der Waals surface area contributed by atoms with E-state index in [9.17, 15) is 5.11 Å². The van der Waals surface area contributed by atoms with Gasteiger partial charge in [0.05, 0.1) is 6.20 Å². The molecule has 0 saturated carbocycles. The van der Waals surface area contributed by atoms with Gasteiger partial charge in [0.1, 0.15) is 11.3 Å². The highest BCUT2D eigenvalue weighted by atomic mass is 16.3. The molecule has 0 radical (unpaired) electrons. The summed E-state index contributed by atoms with van der Waals surface area (Å²) < 4.78 is 0. The van der Waals surface area contributed by atoms with Crippen molar-refractivity contribution in [2.75, 3.05) is 0 Å². The Bertz CT molecular complexity index is 431. The smallest absolute Gasteiger partial charge is 0.141 e. The standard InChI is InChI=1S/C9H10N2O/c1-5-3-8(12)9-7(6(5)2)4-10-11-9/h3-4,12H,1-2H3,(H,10,11). The van der Waals surface area contributed by atoms with E-state index >= 15 is 0 Å². The van der Waals surface area contributed by atoms with Crippen LogP contribution in [0.15, 0.2) is 12.3 Å². The SMILES string of the molecule is Cc1cc(O)c2[nH]ncc2c1C. The van der Waals surface area contributed by atoms with Crippen LogP contribution in [0, 0.1) is 13.8 Å². The molecule has 1 aromatic carbocycles. The first-order valence-corrected chi connectivity index (χ1v) is 3.82. The highest BCUT2D eigenvalue weighted by Gasteiger charge is 2.06. The summed E-state index contributed by atoms with van der Waals surface area (Å²) >= 11 is 0. The Labute approximate surface area is 70.0 Å². The van der Waals surface area contributed by atoms with E-state index in [0.717, 1.165) is 22.0 Å². The Kier molecular flexibility index (Phi) is 1.33. The average molecular weight is 162 g/mol. The second-order valence-corrected chi connectivity index (χ2v) is 3.00. The fourth-order valence-corrected chi connectivity index (χ4v) is 1.36. The zero-order valence-electron chi connectivity index (χ0n) is 7.05. The molecule has 0 bridgehead atoms. The van der Waals surface area contributed by atoms with Crippen molar-refractivity contribution >= 4 is 10.9 Å². The second-order valence-electron chi connectivity index (χ2n) is 3.00. The molecule has 0 aliphatic heterocycles. The molecule has 0 saturated heterocycles. The van der Waals surface area contributed by atoms with E-state index in [1.807, 2.05) is 13.8 Å². The molecular weight excluding hydrogens is 152 g/mol. The molecule has 1 heterocycles. The van der Waals surface area contributed by atoms with Crippen LogP contribution in [0.25, 0.3) is 10.9 Å². The van der Waals surface area contributed by atoms with E-state index in [1.165, 1.54) is 0 Å². The number of benzene rings is 1. The predicted molar refractivity (Wildman–Crippen MR) is 47.2 cm³/mol. The maximum Gasteiger partial charge on any atom is 0.141 e. The zero-order valence-corrected chi connectivity index (χ0v) is 7.05. The van der Waals surface area contributed by atoms with Crippen molar-refractivity contribution in [3.8, 4) is 5.75 Å². The highest BCUT2D eigenvalue weighted by molar-refractivity contribution is 5.87. The summed E-state index contributed by atoms with van der Waals surface area (Å²) in [6.45, 7) is 3.99. The van der Waals surface area contributed by atoms with Crippen molar-refractivity contribution in [3.63, 3.8) is 0 Å².